The van der Waals surface area contributed by atoms with Crippen molar-refractivity contribution >= 4 is 16.8 Å². The highest BCUT2D eigenvalue weighted by Crippen LogP contribution is 2.23. The van der Waals surface area contributed by atoms with Crippen LogP contribution in [-0.2, 0) is 24.7 Å². The van der Waals surface area contributed by atoms with Crippen LogP contribution in [0.1, 0.15) is 17.8 Å². The molecule has 3 heterocycles. The highest BCUT2D eigenvalue weighted by molar-refractivity contribution is 5.78. The van der Waals surface area contributed by atoms with Crippen molar-refractivity contribution in [3.63, 3.8) is 0 Å². The lowest BCUT2D eigenvalue weighted by Crippen LogP contribution is -2.30. The summed E-state index contributed by atoms with van der Waals surface area (Å²) in [6, 6.07) is 14.0. The van der Waals surface area contributed by atoms with Crippen molar-refractivity contribution < 1.29 is 9.90 Å². The third kappa shape index (κ3) is 3.85. The van der Waals surface area contributed by atoms with Crippen LogP contribution in [0, 0.1) is 5.92 Å². The van der Waals surface area contributed by atoms with E-state index in [1.165, 1.54) is 0 Å². The second kappa shape index (κ2) is 7.48. The smallest absolute Gasteiger partial charge is 0.223 e. The van der Waals surface area contributed by atoms with Crippen molar-refractivity contribution in [1.82, 2.24) is 19.7 Å². The van der Waals surface area contributed by atoms with E-state index in [-0.39, 0.29) is 11.8 Å². The van der Waals surface area contributed by atoms with E-state index >= 15 is 0 Å². The number of carbonyl (C=O) groups excluding carboxylic acids is 1. The number of β-amino-alcohol motifs (C(OH)–C–C–N with tert-alkyl or cyclic N) is 1. The summed E-state index contributed by atoms with van der Waals surface area (Å²) in [6.45, 7) is 0.988. The van der Waals surface area contributed by atoms with Gasteiger partial charge in [-0.15, -0.1) is 0 Å². The van der Waals surface area contributed by atoms with Crippen LogP contribution in [0.2, 0.25) is 0 Å². The number of fused-ring (bicyclic) bond motifs is 1. The summed E-state index contributed by atoms with van der Waals surface area (Å²) >= 11 is 0. The monoisotopic (exact) mass is 364 g/mol. The van der Waals surface area contributed by atoms with Crippen molar-refractivity contribution in [2.75, 3.05) is 13.1 Å². The van der Waals surface area contributed by atoms with Gasteiger partial charge in [0.15, 0.2) is 0 Å². The van der Waals surface area contributed by atoms with E-state index in [0.29, 0.717) is 32.4 Å². The molecule has 1 fully saturated rings. The molecule has 1 saturated heterocycles. The summed E-state index contributed by atoms with van der Waals surface area (Å²) < 4.78 is 1.79. The van der Waals surface area contributed by atoms with Crippen LogP contribution in [0.5, 0.6) is 0 Å². The van der Waals surface area contributed by atoms with Gasteiger partial charge in [0.1, 0.15) is 0 Å². The number of carbonyl (C=O) groups is 1. The SMILES string of the molecule is Cn1nccc1CCC(=O)N1C[C@@H](Cc2ccc3ccccc3n2)[C@H](O)C1. The highest BCUT2D eigenvalue weighted by atomic mass is 16.3. The molecular weight excluding hydrogens is 340 g/mol. The number of rotatable bonds is 5. The Balaban J connectivity index is 1.37. The molecule has 4 rings (SSSR count). The summed E-state index contributed by atoms with van der Waals surface area (Å²) in [6.07, 6.45) is 3.02. The zero-order valence-corrected chi connectivity index (χ0v) is 15.5. The van der Waals surface area contributed by atoms with Crippen LogP contribution in [0.25, 0.3) is 10.9 Å². The zero-order chi connectivity index (χ0) is 18.8. The lowest BCUT2D eigenvalue weighted by Gasteiger charge is -2.16. The maximum Gasteiger partial charge on any atom is 0.223 e. The van der Waals surface area contributed by atoms with E-state index in [1.54, 1.807) is 15.8 Å². The molecule has 2 atom stereocenters. The molecule has 1 aliphatic heterocycles. The van der Waals surface area contributed by atoms with Gasteiger partial charge in [0.25, 0.3) is 0 Å². The Hall–Kier alpha value is -2.73. The third-order valence-electron chi connectivity index (χ3n) is 5.40. The maximum absolute atomic E-state index is 12.5. The first-order valence-corrected chi connectivity index (χ1v) is 9.37. The average molecular weight is 364 g/mol. The van der Waals surface area contributed by atoms with Crippen molar-refractivity contribution in [2.45, 2.75) is 25.4 Å². The molecule has 27 heavy (non-hydrogen) atoms. The molecule has 0 saturated carbocycles. The van der Waals surface area contributed by atoms with Gasteiger partial charge < -0.3 is 10.0 Å². The molecule has 1 amide bonds. The molecule has 2 aromatic heterocycles. The van der Waals surface area contributed by atoms with E-state index in [0.717, 1.165) is 22.3 Å². The van der Waals surface area contributed by atoms with E-state index in [2.05, 4.69) is 11.2 Å². The fourth-order valence-electron chi connectivity index (χ4n) is 3.79. The van der Waals surface area contributed by atoms with Gasteiger partial charge in [0.05, 0.1) is 11.6 Å². The van der Waals surface area contributed by atoms with Crippen LogP contribution in [0.4, 0.5) is 0 Å². The topological polar surface area (TPSA) is 71.2 Å². The van der Waals surface area contributed by atoms with Gasteiger partial charge in [-0.1, -0.05) is 24.3 Å². The van der Waals surface area contributed by atoms with Crippen LogP contribution in [0.3, 0.4) is 0 Å². The maximum atomic E-state index is 12.5. The number of hydrogen-bond acceptors (Lipinski definition) is 4. The number of para-hydroxylation sites is 1. The third-order valence-corrected chi connectivity index (χ3v) is 5.40. The molecule has 0 aliphatic carbocycles. The van der Waals surface area contributed by atoms with E-state index < -0.39 is 6.10 Å². The van der Waals surface area contributed by atoms with E-state index in [1.807, 2.05) is 43.4 Å². The van der Waals surface area contributed by atoms with Crippen molar-refractivity contribution in [3.05, 3.63) is 60.0 Å². The Morgan fingerprint density at radius 2 is 2.04 bits per heavy atom. The first-order valence-electron chi connectivity index (χ1n) is 9.37. The van der Waals surface area contributed by atoms with E-state index in [9.17, 15) is 9.90 Å². The number of aryl methyl sites for hydroxylation is 2. The molecule has 1 aliphatic rings. The molecule has 1 N–H and O–H groups in total. The lowest BCUT2D eigenvalue weighted by atomic mass is 9.99. The summed E-state index contributed by atoms with van der Waals surface area (Å²) in [7, 11) is 1.88. The van der Waals surface area contributed by atoms with Gasteiger partial charge >= 0.3 is 0 Å². The summed E-state index contributed by atoms with van der Waals surface area (Å²) in [4.78, 5) is 19.0. The van der Waals surface area contributed by atoms with Gasteiger partial charge in [-0.3, -0.25) is 14.5 Å². The van der Waals surface area contributed by atoms with Gasteiger partial charge in [0, 0.05) is 55.4 Å². The molecule has 6 heteroatoms. The van der Waals surface area contributed by atoms with Crippen molar-refractivity contribution in [3.8, 4) is 0 Å². The van der Waals surface area contributed by atoms with Crippen molar-refractivity contribution in [2.24, 2.45) is 13.0 Å². The average Bonchev–Trinajstić information content (AvgIpc) is 3.25. The second-order valence-electron chi connectivity index (χ2n) is 7.27. The Bertz CT molecular complexity index is 952. The first kappa shape index (κ1) is 17.7. The van der Waals surface area contributed by atoms with Gasteiger partial charge in [-0.2, -0.15) is 5.10 Å². The van der Waals surface area contributed by atoms with Gasteiger partial charge in [-0.05, 0) is 31.0 Å². The number of aliphatic hydroxyl groups is 1. The molecule has 0 spiro atoms. The summed E-state index contributed by atoms with van der Waals surface area (Å²) in [5.74, 6) is 0.114. The summed E-state index contributed by atoms with van der Waals surface area (Å²) in [5, 5.41) is 15.7. The number of likely N-dealkylation sites (tertiary alicyclic amines) is 1. The second-order valence-corrected chi connectivity index (χ2v) is 7.27. The number of aromatic nitrogens is 3. The largest absolute Gasteiger partial charge is 0.391 e. The van der Waals surface area contributed by atoms with Crippen LogP contribution in [-0.4, -0.2) is 49.9 Å². The molecule has 6 nitrogen and oxygen atoms in total. The predicted octanol–water partition coefficient (Wildman–Crippen LogP) is 1.96. The van der Waals surface area contributed by atoms with Crippen molar-refractivity contribution in [1.29, 1.82) is 0 Å². The molecule has 0 unspecified atom stereocenters. The minimum absolute atomic E-state index is 0.0271. The number of amides is 1. The van der Waals surface area contributed by atoms with Crippen LogP contribution < -0.4 is 0 Å². The number of nitrogens with zero attached hydrogens (tertiary/aromatic N) is 4. The quantitative estimate of drug-likeness (QED) is 0.751. The number of aliphatic hydroxyl groups excluding tert-OH is 1. The van der Waals surface area contributed by atoms with E-state index in [4.69, 9.17) is 4.98 Å². The number of hydrogen-bond donors (Lipinski definition) is 1. The Kier molecular flexibility index (Phi) is 4.90. The highest BCUT2D eigenvalue weighted by Gasteiger charge is 2.34. The molecule has 0 bridgehead atoms. The molecule has 3 aromatic rings. The standard InChI is InChI=1S/C21H24N4O2/c1-24-18(10-11-22-24)8-9-21(27)25-13-16(20(26)14-25)12-17-7-6-15-4-2-3-5-19(15)23-17/h2-7,10-11,16,20,26H,8-9,12-14H2,1H3/t16-,20-/m1/s1. The summed E-state index contributed by atoms with van der Waals surface area (Å²) in [5.41, 5.74) is 2.97. The lowest BCUT2D eigenvalue weighted by molar-refractivity contribution is -0.130. The van der Waals surface area contributed by atoms with Gasteiger partial charge in [-0.25, -0.2) is 0 Å². The van der Waals surface area contributed by atoms with Gasteiger partial charge in [0.2, 0.25) is 5.91 Å². The van der Waals surface area contributed by atoms with Crippen LogP contribution in [0.15, 0.2) is 48.7 Å². The number of pyridine rings is 1. The normalized spacial score (nSPS) is 19.7. The Morgan fingerprint density at radius 1 is 1.19 bits per heavy atom. The molecule has 0 radical (unpaired) electrons. The molecule has 140 valence electrons. The fraction of sp³-hybridized carbons (Fsp3) is 0.381. The minimum atomic E-state index is -0.501. The van der Waals surface area contributed by atoms with Crippen LogP contribution >= 0.6 is 0 Å². The predicted molar refractivity (Wildman–Crippen MR) is 103 cm³/mol. The Labute approximate surface area is 158 Å². The fourth-order valence-corrected chi connectivity index (χ4v) is 3.79. The first-order chi connectivity index (χ1) is 13.1. The molecule has 1 aromatic carbocycles. The molecular formula is C21H24N4O2. The number of benzene rings is 1. The zero-order valence-electron chi connectivity index (χ0n) is 15.5. The Morgan fingerprint density at radius 3 is 2.85 bits per heavy atom. The minimum Gasteiger partial charge on any atom is -0.391 e.